The Kier molecular flexibility index (Phi) is 5.49. The van der Waals surface area contributed by atoms with Crippen LogP contribution in [0.1, 0.15) is 24.2 Å². The first-order valence-electron chi connectivity index (χ1n) is 7.85. The minimum absolute atomic E-state index is 0.247. The highest BCUT2D eigenvalue weighted by Gasteiger charge is 2.15. The van der Waals surface area contributed by atoms with Crippen LogP contribution in [0.4, 0.5) is 0 Å². The molecule has 0 aliphatic heterocycles. The van der Waals surface area contributed by atoms with E-state index in [0.717, 1.165) is 10.5 Å². The lowest BCUT2D eigenvalue weighted by atomic mass is 10.1. The number of nitrogens with one attached hydrogen (secondary N) is 1. The van der Waals surface area contributed by atoms with Gasteiger partial charge in [-0.15, -0.1) is 11.3 Å². The molecule has 0 radical (unpaired) electrons. The summed E-state index contributed by atoms with van der Waals surface area (Å²) in [6, 6.07) is 5.20. The van der Waals surface area contributed by atoms with Gasteiger partial charge in [0, 0.05) is 23.2 Å². The molecule has 3 rings (SSSR count). The third-order valence-electron chi connectivity index (χ3n) is 3.91. The highest BCUT2D eigenvalue weighted by atomic mass is 35.5. The molecule has 3 aromatic rings. The Balaban J connectivity index is 1.75. The number of amides is 1. The molecule has 1 aromatic carbocycles. The number of ether oxygens (including phenoxy) is 2. The molecule has 2 heterocycles. The van der Waals surface area contributed by atoms with Crippen molar-refractivity contribution in [3.05, 3.63) is 52.3 Å². The average molecular weight is 392 g/mol. The predicted octanol–water partition coefficient (Wildman–Crippen LogP) is 3.96. The lowest BCUT2D eigenvalue weighted by Crippen LogP contribution is -2.25. The van der Waals surface area contributed by atoms with Crippen molar-refractivity contribution >= 4 is 39.9 Å². The Labute approximate surface area is 160 Å². The predicted molar refractivity (Wildman–Crippen MR) is 103 cm³/mol. The molecule has 1 amide bonds. The second-order valence-corrected chi connectivity index (χ2v) is 6.75. The number of imidazole rings is 1. The van der Waals surface area contributed by atoms with E-state index < -0.39 is 0 Å². The summed E-state index contributed by atoms with van der Waals surface area (Å²) >= 11 is 7.61. The minimum atomic E-state index is -0.265. The van der Waals surface area contributed by atoms with Gasteiger partial charge in [-0.3, -0.25) is 9.20 Å². The average Bonchev–Trinajstić information content (AvgIpc) is 3.20. The number of methoxy groups -OCH3 is 2. The number of fused-ring (bicyclic) bond motifs is 1. The van der Waals surface area contributed by atoms with Gasteiger partial charge >= 0.3 is 0 Å². The topological polar surface area (TPSA) is 64.9 Å². The maximum Gasteiger partial charge on any atom is 0.244 e. The van der Waals surface area contributed by atoms with Gasteiger partial charge in [-0.1, -0.05) is 11.6 Å². The van der Waals surface area contributed by atoms with Gasteiger partial charge in [0.1, 0.15) is 11.5 Å². The highest BCUT2D eigenvalue weighted by Crippen LogP contribution is 2.29. The van der Waals surface area contributed by atoms with Crippen LogP contribution < -0.4 is 14.8 Å². The molecule has 1 N–H and O–H groups in total. The molecular weight excluding hydrogens is 374 g/mol. The smallest absolute Gasteiger partial charge is 0.244 e. The van der Waals surface area contributed by atoms with Gasteiger partial charge in [0.05, 0.1) is 26.0 Å². The van der Waals surface area contributed by atoms with Crippen molar-refractivity contribution in [3.63, 3.8) is 0 Å². The lowest BCUT2D eigenvalue weighted by molar-refractivity contribution is -0.117. The third kappa shape index (κ3) is 3.68. The van der Waals surface area contributed by atoms with E-state index in [2.05, 4.69) is 10.3 Å². The van der Waals surface area contributed by atoms with Crippen molar-refractivity contribution < 1.29 is 14.3 Å². The van der Waals surface area contributed by atoms with Crippen molar-refractivity contribution in [1.29, 1.82) is 0 Å². The van der Waals surface area contributed by atoms with E-state index in [4.69, 9.17) is 21.1 Å². The van der Waals surface area contributed by atoms with E-state index in [1.54, 1.807) is 20.3 Å². The second-order valence-electron chi connectivity index (χ2n) is 5.51. The summed E-state index contributed by atoms with van der Waals surface area (Å²) in [6.45, 7) is 1.88. The highest BCUT2D eigenvalue weighted by molar-refractivity contribution is 7.15. The fraction of sp³-hybridized carbons (Fsp3) is 0.222. The van der Waals surface area contributed by atoms with Crippen LogP contribution in [0, 0.1) is 0 Å². The molecule has 0 bridgehead atoms. The molecule has 2 aromatic heterocycles. The molecule has 1 unspecified atom stereocenters. The summed E-state index contributed by atoms with van der Waals surface area (Å²) < 4.78 is 12.5. The van der Waals surface area contributed by atoms with Gasteiger partial charge in [0.25, 0.3) is 0 Å². The Morgan fingerprint density at radius 1 is 1.38 bits per heavy atom. The second kappa shape index (κ2) is 7.80. The van der Waals surface area contributed by atoms with Crippen LogP contribution in [0.5, 0.6) is 11.5 Å². The largest absolute Gasteiger partial charge is 0.497 e. The molecule has 0 fully saturated rings. The quantitative estimate of drug-likeness (QED) is 0.646. The normalized spacial score (nSPS) is 12.5. The van der Waals surface area contributed by atoms with Crippen LogP contribution >= 0.6 is 22.9 Å². The first-order valence-corrected chi connectivity index (χ1v) is 9.10. The van der Waals surface area contributed by atoms with Gasteiger partial charge in [0.2, 0.25) is 5.91 Å². The van der Waals surface area contributed by atoms with Crippen LogP contribution in [0.3, 0.4) is 0 Å². The maximum atomic E-state index is 12.3. The molecule has 1 atom stereocenters. The Morgan fingerprint density at radius 3 is 2.92 bits per heavy atom. The van der Waals surface area contributed by atoms with E-state index in [1.807, 2.05) is 41.1 Å². The maximum absolute atomic E-state index is 12.3. The fourth-order valence-corrected chi connectivity index (χ4v) is 3.60. The van der Waals surface area contributed by atoms with E-state index in [-0.39, 0.29) is 11.9 Å². The molecule has 0 saturated heterocycles. The van der Waals surface area contributed by atoms with Crippen LogP contribution in [0.15, 0.2) is 35.9 Å². The molecule has 0 spiro atoms. The molecule has 6 nitrogen and oxygen atoms in total. The third-order valence-corrected chi connectivity index (χ3v) is 4.94. The first kappa shape index (κ1) is 18.3. The van der Waals surface area contributed by atoms with Gasteiger partial charge in [-0.2, -0.15) is 0 Å². The number of thiazole rings is 1. The molecule has 0 aliphatic rings. The molecule has 8 heteroatoms. The Hall–Kier alpha value is -2.51. The standard InChI is InChI=1S/C18H18ClN3O3S/c1-11(13-10-12(24-2)4-6-15(13)25-3)20-16(23)7-5-14-17(19)21-18-22(14)8-9-26-18/h4-11H,1-3H3,(H,20,23)/b7-5+. The number of carbonyl (C=O) groups is 1. The van der Waals surface area contributed by atoms with Crippen molar-refractivity contribution in [2.24, 2.45) is 0 Å². The summed E-state index contributed by atoms with van der Waals surface area (Å²) in [6.07, 6.45) is 4.95. The van der Waals surface area contributed by atoms with Crippen LogP contribution in [0.25, 0.3) is 11.0 Å². The zero-order valence-electron chi connectivity index (χ0n) is 14.5. The number of nitrogens with zero attached hydrogens (tertiary/aromatic N) is 2. The summed E-state index contributed by atoms with van der Waals surface area (Å²) in [7, 11) is 3.19. The zero-order valence-corrected chi connectivity index (χ0v) is 16.1. The number of rotatable bonds is 6. The monoisotopic (exact) mass is 391 g/mol. The van der Waals surface area contributed by atoms with Gasteiger partial charge < -0.3 is 14.8 Å². The first-order chi connectivity index (χ1) is 12.5. The number of hydrogen-bond acceptors (Lipinski definition) is 5. The van der Waals surface area contributed by atoms with Gasteiger partial charge in [-0.25, -0.2) is 4.98 Å². The van der Waals surface area contributed by atoms with E-state index in [0.29, 0.717) is 22.3 Å². The number of carbonyl (C=O) groups excluding carboxylic acids is 1. The lowest BCUT2D eigenvalue weighted by Gasteiger charge is -2.17. The molecular formula is C18H18ClN3O3S. The van der Waals surface area contributed by atoms with E-state index in [1.165, 1.54) is 17.4 Å². The van der Waals surface area contributed by atoms with Crippen molar-refractivity contribution in [1.82, 2.24) is 14.7 Å². The number of hydrogen-bond donors (Lipinski definition) is 1. The molecule has 136 valence electrons. The van der Waals surface area contributed by atoms with E-state index in [9.17, 15) is 4.79 Å². The summed E-state index contributed by atoms with van der Waals surface area (Å²) in [4.78, 5) is 17.3. The van der Waals surface area contributed by atoms with Gasteiger partial charge in [0.15, 0.2) is 10.1 Å². The van der Waals surface area contributed by atoms with Crippen molar-refractivity contribution in [3.8, 4) is 11.5 Å². The molecule has 0 saturated carbocycles. The number of halogens is 1. The fourth-order valence-electron chi connectivity index (χ4n) is 2.60. The minimum Gasteiger partial charge on any atom is -0.497 e. The SMILES string of the molecule is COc1ccc(OC)c(C(C)NC(=O)/C=C/c2c(Cl)nc3sccn23)c1. The molecule has 26 heavy (non-hydrogen) atoms. The number of aromatic nitrogens is 2. The Bertz CT molecular complexity index is 964. The van der Waals surface area contributed by atoms with Crippen molar-refractivity contribution in [2.45, 2.75) is 13.0 Å². The van der Waals surface area contributed by atoms with E-state index >= 15 is 0 Å². The van der Waals surface area contributed by atoms with Crippen LogP contribution in [-0.4, -0.2) is 29.5 Å². The summed E-state index contributed by atoms with van der Waals surface area (Å²) in [5, 5.41) is 5.19. The van der Waals surface area contributed by atoms with Crippen molar-refractivity contribution in [2.75, 3.05) is 14.2 Å². The Morgan fingerprint density at radius 2 is 2.19 bits per heavy atom. The summed E-state index contributed by atoms with van der Waals surface area (Å²) in [5.41, 5.74) is 1.50. The molecule has 0 aliphatic carbocycles. The number of benzene rings is 1. The van der Waals surface area contributed by atoms with Gasteiger partial charge in [-0.05, 0) is 31.2 Å². The zero-order chi connectivity index (χ0) is 18.7. The van der Waals surface area contributed by atoms with Crippen LogP contribution in [0.2, 0.25) is 5.15 Å². The summed E-state index contributed by atoms with van der Waals surface area (Å²) in [5.74, 6) is 1.13. The van der Waals surface area contributed by atoms with Crippen LogP contribution in [-0.2, 0) is 4.79 Å².